The fourth-order valence-corrected chi connectivity index (χ4v) is 1.94. The van der Waals surface area contributed by atoms with Crippen LogP contribution in [-0.2, 0) is 0 Å². The van der Waals surface area contributed by atoms with Gasteiger partial charge in [-0.05, 0) is 18.2 Å². The van der Waals surface area contributed by atoms with Crippen molar-refractivity contribution in [3.05, 3.63) is 24.0 Å². The second kappa shape index (κ2) is 3.94. The van der Waals surface area contributed by atoms with Crippen LogP contribution in [0.3, 0.4) is 0 Å². The van der Waals surface area contributed by atoms with Crippen LogP contribution >= 0.6 is 11.3 Å². The van der Waals surface area contributed by atoms with E-state index >= 15 is 0 Å². The van der Waals surface area contributed by atoms with E-state index in [1.54, 1.807) is 12.4 Å². The molecule has 2 rings (SSSR count). The number of rotatable bonds is 2. The predicted molar refractivity (Wildman–Crippen MR) is 61.4 cm³/mol. The second-order valence-corrected chi connectivity index (χ2v) is 4.33. The number of aliphatic imine (C=N–C) groups is 1. The Labute approximate surface area is 90.9 Å². The van der Waals surface area contributed by atoms with Gasteiger partial charge in [-0.15, -0.1) is 0 Å². The molecule has 0 bridgehead atoms. The van der Waals surface area contributed by atoms with Gasteiger partial charge < -0.3 is 4.90 Å². The van der Waals surface area contributed by atoms with Gasteiger partial charge in [0.05, 0.1) is 16.6 Å². The first-order chi connectivity index (χ1) is 7.15. The minimum Gasteiger partial charge on any atom is -0.369 e. The molecule has 0 atom stereocenters. The molecular weight excluding hydrogens is 213 g/mol. The van der Waals surface area contributed by atoms with E-state index in [0.717, 1.165) is 10.2 Å². The van der Waals surface area contributed by atoms with Gasteiger partial charge in [-0.2, -0.15) is 0 Å². The van der Waals surface area contributed by atoms with Crippen molar-refractivity contribution in [1.82, 2.24) is 9.88 Å². The number of aromatic nitrogens is 1. The van der Waals surface area contributed by atoms with E-state index in [9.17, 15) is 4.39 Å². The van der Waals surface area contributed by atoms with Crippen LogP contribution in [0, 0.1) is 5.82 Å². The molecule has 3 nitrogen and oxygen atoms in total. The van der Waals surface area contributed by atoms with Crippen LogP contribution in [0.1, 0.15) is 0 Å². The van der Waals surface area contributed by atoms with E-state index in [4.69, 9.17) is 0 Å². The largest absolute Gasteiger partial charge is 0.369 e. The Morgan fingerprint density at radius 1 is 1.47 bits per heavy atom. The number of halogens is 1. The average Bonchev–Trinajstić information content (AvgIpc) is 2.56. The van der Waals surface area contributed by atoms with E-state index < -0.39 is 0 Å². The summed E-state index contributed by atoms with van der Waals surface area (Å²) in [6.45, 7) is 0. The van der Waals surface area contributed by atoms with E-state index in [-0.39, 0.29) is 5.82 Å². The SMILES string of the molecule is CN(C)/C=N/c1nc2ccc(F)cc2s1. The van der Waals surface area contributed by atoms with Crippen LogP contribution in [0.2, 0.25) is 0 Å². The highest BCUT2D eigenvalue weighted by Gasteiger charge is 2.02. The fourth-order valence-electron chi connectivity index (χ4n) is 1.11. The van der Waals surface area contributed by atoms with E-state index in [2.05, 4.69) is 9.98 Å². The predicted octanol–water partition coefficient (Wildman–Crippen LogP) is 2.66. The van der Waals surface area contributed by atoms with Crippen LogP contribution in [-0.4, -0.2) is 30.3 Å². The Kier molecular flexibility index (Phi) is 2.64. The van der Waals surface area contributed by atoms with Gasteiger partial charge in [0.2, 0.25) is 5.13 Å². The van der Waals surface area contributed by atoms with Gasteiger partial charge >= 0.3 is 0 Å². The van der Waals surface area contributed by atoms with Crippen molar-refractivity contribution >= 4 is 33.0 Å². The molecule has 0 amide bonds. The normalized spacial score (nSPS) is 11.4. The van der Waals surface area contributed by atoms with Crippen LogP contribution in [0.5, 0.6) is 0 Å². The molecule has 78 valence electrons. The van der Waals surface area contributed by atoms with Crippen LogP contribution in [0.25, 0.3) is 10.2 Å². The Balaban J connectivity index is 2.39. The summed E-state index contributed by atoms with van der Waals surface area (Å²) in [5.41, 5.74) is 0.785. The number of hydrogen-bond donors (Lipinski definition) is 0. The summed E-state index contributed by atoms with van der Waals surface area (Å²) in [6.07, 6.45) is 1.67. The zero-order valence-corrected chi connectivity index (χ0v) is 9.25. The maximum absolute atomic E-state index is 12.9. The van der Waals surface area contributed by atoms with E-state index in [1.165, 1.54) is 23.5 Å². The highest BCUT2D eigenvalue weighted by molar-refractivity contribution is 7.22. The Bertz CT molecular complexity index is 504. The first-order valence-corrected chi connectivity index (χ1v) is 5.23. The lowest BCUT2D eigenvalue weighted by Gasteiger charge is -1.99. The highest BCUT2D eigenvalue weighted by atomic mass is 32.1. The highest BCUT2D eigenvalue weighted by Crippen LogP contribution is 2.28. The second-order valence-electron chi connectivity index (χ2n) is 3.32. The first kappa shape index (κ1) is 10.0. The third-order valence-electron chi connectivity index (χ3n) is 1.74. The molecule has 1 aromatic carbocycles. The minimum atomic E-state index is -0.241. The zero-order valence-electron chi connectivity index (χ0n) is 8.44. The van der Waals surface area contributed by atoms with Gasteiger partial charge in [-0.25, -0.2) is 14.4 Å². The molecule has 0 aliphatic rings. The molecule has 1 heterocycles. The van der Waals surface area contributed by atoms with Crippen molar-refractivity contribution in [1.29, 1.82) is 0 Å². The zero-order chi connectivity index (χ0) is 10.8. The van der Waals surface area contributed by atoms with Crippen molar-refractivity contribution in [2.24, 2.45) is 4.99 Å². The molecule has 0 aliphatic carbocycles. The van der Waals surface area contributed by atoms with Crippen molar-refractivity contribution in [3.8, 4) is 0 Å². The summed E-state index contributed by atoms with van der Waals surface area (Å²) in [5, 5.41) is 0.643. The van der Waals surface area contributed by atoms with Crippen molar-refractivity contribution < 1.29 is 4.39 Å². The smallest absolute Gasteiger partial charge is 0.211 e. The minimum absolute atomic E-state index is 0.241. The molecule has 0 aliphatic heterocycles. The van der Waals surface area contributed by atoms with Crippen molar-refractivity contribution in [2.75, 3.05) is 14.1 Å². The Morgan fingerprint density at radius 2 is 2.27 bits per heavy atom. The fraction of sp³-hybridized carbons (Fsp3) is 0.200. The molecule has 15 heavy (non-hydrogen) atoms. The first-order valence-electron chi connectivity index (χ1n) is 4.42. The molecule has 0 saturated heterocycles. The summed E-state index contributed by atoms with van der Waals surface area (Å²) < 4.78 is 13.7. The molecule has 0 radical (unpaired) electrons. The van der Waals surface area contributed by atoms with Crippen molar-refractivity contribution in [3.63, 3.8) is 0 Å². The molecule has 0 N–H and O–H groups in total. The number of hydrogen-bond acceptors (Lipinski definition) is 3. The topological polar surface area (TPSA) is 28.5 Å². The summed E-state index contributed by atoms with van der Waals surface area (Å²) >= 11 is 1.38. The molecular formula is C10H10FN3S. The Morgan fingerprint density at radius 3 is 3.00 bits per heavy atom. The molecule has 0 saturated carbocycles. The number of thiazole rings is 1. The standard InChI is InChI=1S/C10H10FN3S/c1-14(2)6-12-10-13-8-4-3-7(11)5-9(8)15-10/h3-6H,1-2H3/b12-6+. The third-order valence-corrected chi connectivity index (χ3v) is 2.66. The maximum atomic E-state index is 12.9. The molecule has 0 spiro atoms. The van der Waals surface area contributed by atoms with Gasteiger partial charge in [0, 0.05) is 14.1 Å². The van der Waals surface area contributed by atoms with Crippen LogP contribution in [0.15, 0.2) is 23.2 Å². The third kappa shape index (κ3) is 2.30. The van der Waals surface area contributed by atoms with Gasteiger partial charge in [0.25, 0.3) is 0 Å². The molecule has 0 fully saturated rings. The number of fused-ring (bicyclic) bond motifs is 1. The lowest BCUT2D eigenvalue weighted by molar-refractivity contribution is 0.630. The van der Waals surface area contributed by atoms with Gasteiger partial charge in [-0.3, -0.25) is 0 Å². The molecule has 0 unspecified atom stereocenters. The Hall–Kier alpha value is -1.49. The monoisotopic (exact) mass is 223 g/mol. The summed E-state index contributed by atoms with van der Waals surface area (Å²) in [4.78, 5) is 10.2. The lowest BCUT2D eigenvalue weighted by Crippen LogP contribution is -2.06. The molecule has 2 aromatic rings. The van der Waals surface area contributed by atoms with Gasteiger partial charge in [0.1, 0.15) is 5.82 Å². The van der Waals surface area contributed by atoms with Gasteiger partial charge in [0.15, 0.2) is 0 Å². The maximum Gasteiger partial charge on any atom is 0.211 e. The lowest BCUT2D eigenvalue weighted by atomic mass is 10.3. The van der Waals surface area contributed by atoms with Gasteiger partial charge in [-0.1, -0.05) is 11.3 Å². The quantitative estimate of drug-likeness (QED) is 0.578. The van der Waals surface area contributed by atoms with Crippen molar-refractivity contribution in [2.45, 2.75) is 0 Å². The average molecular weight is 223 g/mol. The van der Waals surface area contributed by atoms with Crippen LogP contribution in [0.4, 0.5) is 9.52 Å². The summed E-state index contributed by atoms with van der Waals surface area (Å²) in [7, 11) is 3.77. The van der Waals surface area contributed by atoms with E-state index in [0.29, 0.717) is 5.13 Å². The number of nitrogens with zero attached hydrogens (tertiary/aromatic N) is 3. The summed E-state index contributed by atoms with van der Waals surface area (Å²) in [5.74, 6) is -0.241. The summed E-state index contributed by atoms with van der Waals surface area (Å²) in [6, 6.07) is 4.54. The van der Waals surface area contributed by atoms with Crippen LogP contribution < -0.4 is 0 Å². The van der Waals surface area contributed by atoms with E-state index in [1.807, 2.05) is 19.0 Å². The molecule has 5 heteroatoms. The molecule has 1 aromatic heterocycles. The number of benzene rings is 1.